The molecular weight excluding hydrogens is 480 g/mol. The van der Waals surface area contributed by atoms with Crippen molar-refractivity contribution in [1.29, 1.82) is 0 Å². The Morgan fingerprint density at radius 3 is 1.44 bits per heavy atom. The Morgan fingerprint density at radius 2 is 1.00 bits per heavy atom. The van der Waals surface area contributed by atoms with Crippen molar-refractivity contribution in [2.45, 2.75) is 103 Å². The number of pyridine rings is 1. The van der Waals surface area contributed by atoms with Crippen LogP contribution in [-0.4, -0.2) is 14.1 Å². The molecular formula is C31H49BrN2. The summed E-state index contributed by atoms with van der Waals surface area (Å²) in [6.45, 7) is 3.43. The van der Waals surface area contributed by atoms with Crippen LogP contribution in [0, 0.1) is 0 Å². The molecule has 0 N–H and O–H groups in total. The van der Waals surface area contributed by atoms with Gasteiger partial charge in [-0.25, -0.2) is 4.57 Å². The first-order chi connectivity index (χ1) is 16.2. The van der Waals surface area contributed by atoms with Crippen LogP contribution in [-0.2, 0) is 6.54 Å². The highest BCUT2D eigenvalue weighted by Crippen LogP contribution is 2.15. The molecule has 1 heterocycles. The lowest BCUT2D eigenvalue weighted by Gasteiger charge is -2.11. The van der Waals surface area contributed by atoms with E-state index >= 15 is 0 Å². The van der Waals surface area contributed by atoms with Gasteiger partial charge in [-0.2, -0.15) is 0 Å². The van der Waals surface area contributed by atoms with Crippen LogP contribution in [0.3, 0.4) is 0 Å². The van der Waals surface area contributed by atoms with E-state index < -0.39 is 0 Å². The van der Waals surface area contributed by atoms with Crippen molar-refractivity contribution in [2.24, 2.45) is 0 Å². The quantitative estimate of drug-likeness (QED) is 0.178. The minimum absolute atomic E-state index is 0. The van der Waals surface area contributed by atoms with E-state index in [1.54, 1.807) is 0 Å². The zero-order chi connectivity index (χ0) is 23.6. The van der Waals surface area contributed by atoms with Crippen molar-refractivity contribution in [3.05, 3.63) is 59.9 Å². The van der Waals surface area contributed by atoms with Crippen molar-refractivity contribution < 1.29 is 21.5 Å². The van der Waals surface area contributed by atoms with Crippen molar-refractivity contribution in [1.82, 2.24) is 0 Å². The van der Waals surface area contributed by atoms with Gasteiger partial charge in [-0.15, -0.1) is 0 Å². The van der Waals surface area contributed by atoms with Gasteiger partial charge in [0.2, 0.25) is 0 Å². The van der Waals surface area contributed by atoms with Crippen LogP contribution < -0.4 is 26.4 Å². The molecule has 1 aromatic heterocycles. The monoisotopic (exact) mass is 528 g/mol. The summed E-state index contributed by atoms with van der Waals surface area (Å²) >= 11 is 0. The minimum atomic E-state index is 0. The summed E-state index contributed by atoms with van der Waals surface area (Å²) < 4.78 is 2.32. The number of aromatic nitrogens is 1. The maximum absolute atomic E-state index is 2.32. The molecule has 0 aliphatic heterocycles. The maximum Gasteiger partial charge on any atom is 0.169 e. The number of rotatable bonds is 18. The standard InChI is InChI=1S/C31H49N2.BrH/c1-4-5-6-7-8-9-10-11-12-13-14-15-16-17-26-33-27-24-30(25-28-33)19-18-29-20-22-31(23-21-29)32(2)3;/h18-25,27-28H,4-17,26H2,1-3H3;1H/q+1;/p-1. The van der Waals surface area contributed by atoms with Crippen molar-refractivity contribution in [2.75, 3.05) is 19.0 Å². The summed E-state index contributed by atoms with van der Waals surface area (Å²) in [5, 5.41) is 0. The first kappa shape index (κ1) is 30.4. The van der Waals surface area contributed by atoms with Crippen molar-refractivity contribution in [3.63, 3.8) is 0 Å². The number of anilines is 1. The SMILES string of the molecule is CCCCCCCCCCCCCCCC[n+]1ccc(/C=C/c2ccc(N(C)C)cc2)cc1.[Br-]. The van der Waals surface area contributed by atoms with Gasteiger partial charge in [-0.1, -0.05) is 108 Å². The molecule has 0 bridgehead atoms. The highest BCUT2D eigenvalue weighted by Gasteiger charge is 2.01. The normalized spacial score (nSPS) is 11.0. The van der Waals surface area contributed by atoms with Crippen LogP contribution in [0.2, 0.25) is 0 Å². The fraction of sp³-hybridized carbons (Fsp3) is 0.581. The van der Waals surface area contributed by atoms with Gasteiger partial charge >= 0.3 is 0 Å². The fourth-order valence-electron chi connectivity index (χ4n) is 4.29. The van der Waals surface area contributed by atoms with Crippen LogP contribution in [0.5, 0.6) is 0 Å². The van der Waals surface area contributed by atoms with Gasteiger partial charge in [0.05, 0.1) is 0 Å². The predicted octanol–water partition coefficient (Wildman–Crippen LogP) is 5.70. The molecule has 2 rings (SSSR count). The Balaban J connectivity index is 0.00000578. The van der Waals surface area contributed by atoms with Gasteiger partial charge < -0.3 is 21.9 Å². The average molecular weight is 530 g/mol. The highest BCUT2D eigenvalue weighted by molar-refractivity contribution is 5.70. The largest absolute Gasteiger partial charge is 1.00 e. The van der Waals surface area contributed by atoms with Crippen LogP contribution in [0.25, 0.3) is 12.2 Å². The maximum atomic E-state index is 2.32. The van der Waals surface area contributed by atoms with Crippen LogP contribution in [0.1, 0.15) is 108 Å². The first-order valence-corrected chi connectivity index (χ1v) is 13.6. The molecule has 2 aromatic rings. The highest BCUT2D eigenvalue weighted by atomic mass is 79.9. The Bertz CT molecular complexity index is 750. The van der Waals surface area contributed by atoms with Gasteiger partial charge in [0.25, 0.3) is 0 Å². The first-order valence-electron chi connectivity index (χ1n) is 13.6. The van der Waals surface area contributed by atoms with Gasteiger partial charge in [-0.05, 0) is 29.7 Å². The summed E-state index contributed by atoms with van der Waals surface area (Å²) in [4.78, 5) is 2.13. The Kier molecular flexibility index (Phi) is 17.6. The Morgan fingerprint density at radius 1 is 0.588 bits per heavy atom. The molecule has 0 atom stereocenters. The molecule has 0 fully saturated rings. The van der Waals surface area contributed by atoms with Crippen molar-refractivity contribution in [3.8, 4) is 0 Å². The second-order valence-electron chi connectivity index (χ2n) is 9.78. The van der Waals surface area contributed by atoms with E-state index in [1.807, 2.05) is 0 Å². The number of unbranched alkanes of at least 4 members (excludes halogenated alkanes) is 13. The fourth-order valence-corrected chi connectivity index (χ4v) is 4.29. The van der Waals surface area contributed by atoms with E-state index in [4.69, 9.17) is 0 Å². The van der Waals surface area contributed by atoms with Gasteiger partial charge in [0.15, 0.2) is 12.4 Å². The number of nitrogens with zero attached hydrogens (tertiary/aromatic N) is 2. The summed E-state index contributed by atoms with van der Waals surface area (Å²) in [6, 6.07) is 13.1. The Hall–Kier alpha value is -1.61. The summed E-state index contributed by atoms with van der Waals surface area (Å²) in [5.41, 5.74) is 3.72. The lowest BCUT2D eigenvalue weighted by molar-refractivity contribution is -0.697. The second-order valence-corrected chi connectivity index (χ2v) is 9.78. The molecule has 0 amide bonds. The Labute approximate surface area is 221 Å². The van der Waals surface area contributed by atoms with Crippen LogP contribution >= 0.6 is 0 Å². The third-order valence-electron chi connectivity index (χ3n) is 6.56. The van der Waals surface area contributed by atoms with E-state index in [1.165, 1.54) is 107 Å². The average Bonchev–Trinajstić information content (AvgIpc) is 2.84. The smallest absolute Gasteiger partial charge is 0.169 e. The molecule has 34 heavy (non-hydrogen) atoms. The molecule has 2 nitrogen and oxygen atoms in total. The molecule has 0 unspecified atom stereocenters. The van der Waals surface area contributed by atoms with E-state index in [2.05, 4.69) is 91.4 Å². The van der Waals surface area contributed by atoms with Gasteiger partial charge in [-0.3, -0.25) is 0 Å². The predicted molar refractivity (Wildman–Crippen MR) is 147 cm³/mol. The number of hydrogen-bond donors (Lipinski definition) is 0. The second kappa shape index (κ2) is 19.7. The van der Waals surface area contributed by atoms with Crippen LogP contribution in [0.15, 0.2) is 48.8 Å². The molecule has 0 radical (unpaired) electrons. The van der Waals surface area contributed by atoms with E-state index in [0.29, 0.717) is 0 Å². The van der Waals surface area contributed by atoms with Gasteiger partial charge in [0.1, 0.15) is 6.54 Å². The number of halogens is 1. The van der Waals surface area contributed by atoms with Crippen molar-refractivity contribution >= 4 is 17.8 Å². The minimum Gasteiger partial charge on any atom is -1.00 e. The lowest BCUT2D eigenvalue weighted by atomic mass is 10.0. The molecule has 0 spiro atoms. The third-order valence-corrected chi connectivity index (χ3v) is 6.56. The third kappa shape index (κ3) is 13.9. The molecule has 0 aliphatic carbocycles. The lowest BCUT2D eigenvalue weighted by Crippen LogP contribution is -3.00. The summed E-state index contributed by atoms with van der Waals surface area (Å²) in [6.07, 6.45) is 28.7. The zero-order valence-corrected chi connectivity index (χ0v) is 23.7. The molecule has 190 valence electrons. The molecule has 0 aliphatic rings. The van der Waals surface area contributed by atoms with E-state index in [-0.39, 0.29) is 17.0 Å². The number of hydrogen-bond acceptors (Lipinski definition) is 1. The zero-order valence-electron chi connectivity index (χ0n) is 22.2. The van der Waals surface area contributed by atoms with E-state index in [0.717, 1.165) is 6.54 Å². The topological polar surface area (TPSA) is 7.12 Å². The molecule has 1 aromatic carbocycles. The molecule has 3 heteroatoms. The van der Waals surface area contributed by atoms with Gasteiger partial charge in [0, 0.05) is 38.3 Å². The van der Waals surface area contributed by atoms with E-state index in [9.17, 15) is 0 Å². The number of benzene rings is 1. The molecule has 0 saturated heterocycles. The number of aryl methyl sites for hydroxylation is 1. The summed E-state index contributed by atoms with van der Waals surface area (Å²) in [7, 11) is 4.14. The molecule has 0 saturated carbocycles. The van der Waals surface area contributed by atoms with Crippen LogP contribution in [0.4, 0.5) is 5.69 Å². The summed E-state index contributed by atoms with van der Waals surface area (Å²) in [5.74, 6) is 0.